The number of allylic oxidation sites excluding steroid dienone is 6. The quantitative estimate of drug-likeness (QED) is 0.466. The van der Waals surface area contributed by atoms with E-state index in [0.29, 0.717) is 0 Å². The molecule has 0 spiro atoms. The van der Waals surface area contributed by atoms with Crippen molar-refractivity contribution in [1.82, 2.24) is 0 Å². The minimum absolute atomic E-state index is 0.782. The monoisotopic (exact) mass is 278 g/mol. The maximum absolute atomic E-state index is 4.94. The van der Waals surface area contributed by atoms with E-state index in [9.17, 15) is 0 Å². The van der Waals surface area contributed by atoms with Crippen LogP contribution in [0.1, 0.15) is 27.7 Å². The molecule has 0 bridgehead atoms. The number of methoxy groups -OCH3 is 2. The van der Waals surface area contributed by atoms with E-state index in [1.54, 1.807) is 38.5 Å². The van der Waals surface area contributed by atoms with Crippen LogP contribution in [0.4, 0.5) is 0 Å². The van der Waals surface area contributed by atoms with E-state index in [-0.39, 0.29) is 0 Å². The molecule has 0 rings (SSSR count). The van der Waals surface area contributed by atoms with Crippen molar-refractivity contribution in [3.05, 3.63) is 73.3 Å². The van der Waals surface area contributed by atoms with Crippen molar-refractivity contribution < 1.29 is 9.47 Å². The van der Waals surface area contributed by atoms with Crippen molar-refractivity contribution >= 4 is 0 Å². The topological polar surface area (TPSA) is 18.5 Å². The highest BCUT2D eigenvalue weighted by Crippen LogP contribution is 2.05. The zero-order valence-corrected chi connectivity index (χ0v) is 14.0. The van der Waals surface area contributed by atoms with Crippen LogP contribution in [0.15, 0.2) is 73.3 Å². The first-order chi connectivity index (χ1) is 9.51. The lowest BCUT2D eigenvalue weighted by Gasteiger charge is -2.00. The molecular formula is C18H30O2. The third-order valence-electron chi connectivity index (χ3n) is 2.20. The predicted octanol–water partition coefficient (Wildman–Crippen LogP) is 5.58. The van der Waals surface area contributed by atoms with Gasteiger partial charge in [0.15, 0.2) is 0 Å². The molecule has 2 nitrogen and oxygen atoms in total. The Balaban J connectivity index is -0.000000257. The Morgan fingerprint density at radius 3 is 0.950 bits per heavy atom. The molecule has 0 heterocycles. The third-order valence-corrected chi connectivity index (χ3v) is 2.20. The van der Waals surface area contributed by atoms with Gasteiger partial charge in [0.1, 0.15) is 11.5 Å². The summed E-state index contributed by atoms with van der Waals surface area (Å²) in [5.74, 6) is 1.56. The molecule has 0 amide bonds. The van der Waals surface area contributed by atoms with Crippen molar-refractivity contribution in [3.63, 3.8) is 0 Å². The van der Waals surface area contributed by atoms with Crippen molar-refractivity contribution in [2.45, 2.75) is 27.7 Å². The van der Waals surface area contributed by atoms with E-state index in [4.69, 9.17) is 9.47 Å². The minimum atomic E-state index is 0.782. The molecule has 0 radical (unpaired) electrons. The Morgan fingerprint density at radius 1 is 0.650 bits per heavy atom. The average molecular weight is 278 g/mol. The summed E-state index contributed by atoms with van der Waals surface area (Å²) >= 11 is 0. The van der Waals surface area contributed by atoms with Crippen LogP contribution >= 0.6 is 0 Å². The Morgan fingerprint density at radius 2 is 0.900 bits per heavy atom. The Labute approximate surface area is 125 Å². The van der Waals surface area contributed by atoms with Crippen LogP contribution in [0, 0.1) is 0 Å². The molecule has 2 heteroatoms. The predicted molar refractivity (Wildman–Crippen MR) is 91.6 cm³/mol. The highest BCUT2D eigenvalue weighted by atomic mass is 16.5. The lowest BCUT2D eigenvalue weighted by molar-refractivity contribution is 0.303. The highest BCUT2D eigenvalue weighted by molar-refractivity contribution is 5.25. The lowest BCUT2D eigenvalue weighted by atomic mass is 10.2. The smallest absolute Gasteiger partial charge is 0.121 e. The van der Waals surface area contributed by atoms with Gasteiger partial charge in [-0.05, 0) is 37.1 Å². The van der Waals surface area contributed by atoms with Gasteiger partial charge in [-0.3, -0.25) is 0 Å². The summed E-state index contributed by atoms with van der Waals surface area (Å²) in [7, 11) is 3.23. The number of ether oxygens (including phenoxy) is 2. The van der Waals surface area contributed by atoms with E-state index < -0.39 is 0 Å². The molecule has 0 aliphatic carbocycles. The van der Waals surface area contributed by atoms with Gasteiger partial charge >= 0.3 is 0 Å². The van der Waals surface area contributed by atoms with E-state index >= 15 is 0 Å². The van der Waals surface area contributed by atoms with Crippen LogP contribution < -0.4 is 0 Å². The van der Waals surface area contributed by atoms with Crippen LogP contribution in [-0.4, -0.2) is 14.2 Å². The maximum atomic E-state index is 4.94. The van der Waals surface area contributed by atoms with Gasteiger partial charge in [0.25, 0.3) is 0 Å². The molecular weight excluding hydrogens is 248 g/mol. The average Bonchev–Trinajstić information content (AvgIpc) is 2.51. The van der Waals surface area contributed by atoms with Crippen molar-refractivity contribution in [3.8, 4) is 0 Å². The molecule has 20 heavy (non-hydrogen) atoms. The summed E-state index contributed by atoms with van der Waals surface area (Å²) in [5, 5.41) is 0. The van der Waals surface area contributed by atoms with Crippen LogP contribution in [0.2, 0.25) is 0 Å². The molecule has 0 atom stereocenters. The van der Waals surface area contributed by atoms with Gasteiger partial charge in [-0.1, -0.05) is 52.3 Å². The summed E-state index contributed by atoms with van der Waals surface area (Å²) < 4.78 is 9.88. The molecule has 0 N–H and O–H groups in total. The highest BCUT2D eigenvalue weighted by Gasteiger charge is 1.90. The molecule has 114 valence electrons. The second-order valence-corrected chi connectivity index (χ2v) is 3.32. The first-order valence-corrected chi connectivity index (χ1v) is 6.51. The molecule has 0 fully saturated rings. The van der Waals surface area contributed by atoms with Gasteiger partial charge in [-0.15, -0.1) is 0 Å². The summed E-state index contributed by atoms with van der Waals surface area (Å²) in [6.45, 7) is 22.2. The van der Waals surface area contributed by atoms with Gasteiger partial charge in [0, 0.05) is 0 Å². The SMILES string of the molecule is C=C/C(C)=C(\C=C)OC.C=C/C(C)=C(\C=C)OC.CC. The van der Waals surface area contributed by atoms with Gasteiger partial charge in [-0.2, -0.15) is 0 Å². The second kappa shape index (κ2) is 17.0. The lowest BCUT2D eigenvalue weighted by Crippen LogP contribution is -1.83. The number of hydrogen-bond donors (Lipinski definition) is 0. The van der Waals surface area contributed by atoms with Crippen molar-refractivity contribution in [2.75, 3.05) is 14.2 Å². The first-order valence-electron chi connectivity index (χ1n) is 6.51. The molecule has 0 unspecified atom stereocenters. The van der Waals surface area contributed by atoms with E-state index in [1.165, 1.54) is 0 Å². The zero-order valence-electron chi connectivity index (χ0n) is 14.0. The van der Waals surface area contributed by atoms with Crippen LogP contribution in [0.25, 0.3) is 0 Å². The first kappa shape index (κ1) is 23.2. The maximum Gasteiger partial charge on any atom is 0.121 e. The van der Waals surface area contributed by atoms with Gasteiger partial charge < -0.3 is 9.47 Å². The van der Waals surface area contributed by atoms with E-state index in [0.717, 1.165) is 22.7 Å². The summed E-state index contributed by atoms with van der Waals surface area (Å²) in [6, 6.07) is 0. The van der Waals surface area contributed by atoms with Crippen LogP contribution in [0.3, 0.4) is 0 Å². The number of rotatable bonds is 6. The standard InChI is InChI=1S/2C8H12O.C2H6/c2*1-5-7(3)8(6-2)9-4;1-2/h2*5-6H,1-2H2,3-4H3;1-2H3/b2*8-7+;. The van der Waals surface area contributed by atoms with Crippen molar-refractivity contribution in [2.24, 2.45) is 0 Å². The molecule has 0 aliphatic rings. The Kier molecular flexibility index (Phi) is 19.7. The van der Waals surface area contributed by atoms with Crippen molar-refractivity contribution in [1.29, 1.82) is 0 Å². The van der Waals surface area contributed by atoms with Gasteiger partial charge in [0.2, 0.25) is 0 Å². The fourth-order valence-electron chi connectivity index (χ4n) is 1.01. The fourth-order valence-corrected chi connectivity index (χ4v) is 1.01. The zero-order chi connectivity index (χ0) is 16.6. The molecule has 0 aromatic carbocycles. The van der Waals surface area contributed by atoms with Crippen LogP contribution in [-0.2, 0) is 9.47 Å². The summed E-state index contributed by atoms with van der Waals surface area (Å²) in [6.07, 6.45) is 6.80. The minimum Gasteiger partial charge on any atom is -0.497 e. The molecule has 0 aromatic rings. The Bertz CT molecular complexity index is 322. The van der Waals surface area contributed by atoms with Crippen LogP contribution in [0.5, 0.6) is 0 Å². The summed E-state index contributed by atoms with van der Waals surface area (Å²) in [5.41, 5.74) is 2.01. The third kappa shape index (κ3) is 11.1. The molecule has 0 saturated heterocycles. The number of hydrogen-bond acceptors (Lipinski definition) is 2. The molecule has 0 aromatic heterocycles. The van der Waals surface area contributed by atoms with E-state index in [2.05, 4.69) is 26.3 Å². The Hall–Kier alpha value is -1.96. The normalized spacial score (nSPS) is 10.9. The van der Waals surface area contributed by atoms with Gasteiger partial charge in [-0.25, -0.2) is 0 Å². The largest absolute Gasteiger partial charge is 0.497 e. The van der Waals surface area contributed by atoms with E-state index in [1.807, 2.05) is 27.7 Å². The molecule has 0 saturated carbocycles. The second-order valence-electron chi connectivity index (χ2n) is 3.32. The van der Waals surface area contributed by atoms with Gasteiger partial charge in [0.05, 0.1) is 14.2 Å². The summed E-state index contributed by atoms with van der Waals surface area (Å²) in [4.78, 5) is 0. The fraction of sp³-hybridized carbons (Fsp3) is 0.333. The molecule has 0 aliphatic heterocycles.